The van der Waals surface area contributed by atoms with E-state index in [0.717, 1.165) is 35.2 Å². The van der Waals surface area contributed by atoms with Crippen molar-refractivity contribution < 1.29 is 9.90 Å². The Labute approximate surface area is 143 Å². The largest absolute Gasteiger partial charge is 0.396 e. The van der Waals surface area contributed by atoms with Gasteiger partial charge in [0.25, 0.3) is 0 Å². The summed E-state index contributed by atoms with van der Waals surface area (Å²) in [6, 6.07) is 15.4. The fourth-order valence-corrected chi connectivity index (χ4v) is 2.85. The highest BCUT2D eigenvalue weighted by atomic mass is 16.3. The first-order chi connectivity index (χ1) is 11.7. The maximum Gasteiger partial charge on any atom is 0.319 e. The van der Waals surface area contributed by atoms with Crippen LogP contribution in [0.5, 0.6) is 0 Å². The quantitative estimate of drug-likeness (QED) is 0.718. The van der Waals surface area contributed by atoms with Gasteiger partial charge in [0.15, 0.2) is 0 Å². The molecule has 0 aliphatic carbocycles. The van der Waals surface area contributed by atoms with Gasteiger partial charge in [-0.15, -0.1) is 0 Å². The molecule has 0 bridgehead atoms. The molecule has 0 aromatic heterocycles. The molecule has 2 aromatic rings. The summed E-state index contributed by atoms with van der Waals surface area (Å²) in [7, 11) is 0. The summed E-state index contributed by atoms with van der Waals surface area (Å²) < 4.78 is 0. The number of carbonyl (C=O) groups excluding carboxylic acids is 1. The molecular formula is C20H26N2O2. The summed E-state index contributed by atoms with van der Waals surface area (Å²) in [5, 5.41) is 15.3. The first-order valence-corrected chi connectivity index (χ1v) is 8.53. The third-order valence-corrected chi connectivity index (χ3v) is 4.16. The Morgan fingerprint density at radius 1 is 1.00 bits per heavy atom. The van der Waals surface area contributed by atoms with Crippen molar-refractivity contribution in [1.82, 2.24) is 5.32 Å². The van der Waals surface area contributed by atoms with Crippen molar-refractivity contribution in [3.8, 4) is 0 Å². The van der Waals surface area contributed by atoms with E-state index in [0.29, 0.717) is 6.42 Å². The SMILES string of the molecule is CCc1cccc(CC)c1NC(=O)N[C@H](CCO)c1ccccc1. The highest BCUT2D eigenvalue weighted by Crippen LogP contribution is 2.23. The van der Waals surface area contributed by atoms with Gasteiger partial charge in [-0.3, -0.25) is 0 Å². The molecule has 3 N–H and O–H groups in total. The van der Waals surface area contributed by atoms with E-state index in [2.05, 4.69) is 24.5 Å². The number of hydrogen-bond acceptors (Lipinski definition) is 2. The maximum absolute atomic E-state index is 12.5. The van der Waals surface area contributed by atoms with Crippen molar-refractivity contribution in [3.05, 3.63) is 65.2 Å². The number of aryl methyl sites for hydroxylation is 2. The van der Waals surface area contributed by atoms with Crippen molar-refractivity contribution in [1.29, 1.82) is 0 Å². The minimum Gasteiger partial charge on any atom is -0.396 e. The second-order valence-electron chi connectivity index (χ2n) is 5.73. The molecule has 0 radical (unpaired) electrons. The molecule has 2 aromatic carbocycles. The predicted molar refractivity (Wildman–Crippen MR) is 98.2 cm³/mol. The number of rotatable bonds is 7. The molecule has 4 heteroatoms. The Kier molecular flexibility index (Phi) is 6.82. The van der Waals surface area contributed by atoms with Crippen LogP contribution in [0, 0.1) is 0 Å². The molecule has 0 unspecified atom stereocenters. The fraction of sp³-hybridized carbons (Fsp3) is 0.350. The molecule has 0 spiro atoms. The van der Waals surface area contributed by atoms with E-state index in [-0.39, 0.29) is 18.7 Å². The second-order valence-corrected chi connectivity index (χ2v) is 5.73. The Bertz CT molecular complexity index is 634. The molecule has 0 aliphatic rings. The highest BCUT2D eigenvalue weighted by Gasteiger charge is 2.16. The number of anilines is 1. The number of nitrogens with one attached hydrogen (secondary N) is 2. The predicted octanol–water partition coefficient (Wildman–Crippen LogP) is 4.06. The maximum atomic E-state index is 12.5. The Morgan fingerprint density at radius 2 is 1.62 bits per heavy atom. The third-order valence-electron chi connectivity index (χ3n) is 4.16. The second kappa shape index (κ2) is 9.08. The number of urea groups is 1. The molecule has 0 aliphatic heterocycles. The van der Waals surface area contributed by atoms with Crippen LogP contribution in [0.1, 0.15) is 43.0 Å². The average Bonchev–Trinajstić information content (AvgIpc) is 2.62. The zero-order valence-electron chi connectivity index (χ0n) is 14.4. The number of amides is 2. The van der Waals surface area contributed by atoms with E-state index in [9.17, 15) is 9.90 Å². The first-order valence-electron chi connectivity index (χ1n) is 8.53. The minimum absolute atomic E-state index is 0.0194. The van der Waals surface area contributed by atoms with Gasteiger partial charge in [-0.25, -0.2) is 4.79 Å². The zero-order chi connectivity index (χ0) is 17.4. The molecule has 0 saturated carbocycles. The minimum atomic E-state index is -0.243. The average molecular weight is 326 g/mol. The molecule has 0 fully saturated rings. The van der Waals surface area contributed by atoms with Gasteiger partial charge in [0.2, 0.25) is 0 Å². The van der Waals surface area contributed by atoms with Gasteiger partial charge >= 0.3 is 6.03 Å². The molecular weight excluding hydrogens is 300 g/mol. The lowest BCUT2D eigenvalue weighted by atomic mass is 10.0. The van der Waals surface area contributed by atoms with Crippen LogP contribution in [0.3, 0.4) is 0 Å². The molecule has 1 atom stereocenters. The van der Waals surface area contributed by atoms with Gasteiger partial charge in [-0.05, 0) is 36.0 Å². The fourth-order valence-electron chi connectivity index (χ4n) is 2.85. The summed E-state index contributed by atoms with van der Waals surface area (Å²) in [5.41, 5.74) is 4.14. The van der Waals surface area contributed by atoms with Gasteiger partial charge in [-0.1, -0.05) is 62.4 Å². The van der Waals surface area contributed by atoms with Gasteiger partial charge in [0.05, 0.1) is 6.04 Å². The number of hydrogen-bond donors (Lipinski definition) is 3. The van der Waals surface area contributed by atoms with E-state index in [1.165, 1.54) is 0 Å². The lowest BCUT2D eigenvalue weighted by Gasteiger charge is -2.20. The summed E-state index contributed by atoms with van der Waals surface area (Å²) in [6.07, 6.45) is 2.21. The molecule has 0 heterocycles. The zero-order valence-corrected chi connectivity index (χ0v) is 14.4. The van der Waals surface area contributed by atoms with Crippen molar-refractivity contribution in [2.45, 2.75) is 39.2 Å². The van der Waals surface area contributed by atoms with Crippen LogP contribution >= 0.6 is 0 Å². The van der Waals surface area contributed by atoms with E-state index in [1.807, 2.05) is 48.5 Å². The van der Waals surface area contributed by atoms with Crippen LogP contribution in [-0.2, 0) is 12.8 Å². The van der Waals surface area contributed by atoms with E-state index in [1.54, 1.807) is 0 Å². The van der Waals surface area contributed by atoms with Crippen molar-refractivity contribution >= 4 is 11.7 Å². The molecule has 2 rings (SSSR count). The van der Waals surface area contributed by atoms with Gasteiger partial charge in [-0.2, -0.15) is 0 Å². The lowest BCUT2D eigenvalue weighted by molar-refractivity contribution is 0.239. The highest BCUT2D eigenvalue weighted by molar-refractivity contribution is 5.91. The van der Waals surface area contributed by atoms with Crippen molar-refractivity contribution in [2.75, 3.05) is 11.9 Å². The molecule has 4 nitrogen and oxygen atoms in total. The van der Waals surface area contributed by atoms with Gasteiger partial charge < -0.3 is 15.7 Å². The summed E-state index contributed by atoms with van der Waals surface area (Å²) in [5.74, 6) is 0. The smallest absolute Gasteiger partial charge is 0.319 e. The normalized spacial score (nSPS) is 11.8. The number of carbonyl (C=O) groups is 1. The van der Waals surface area contributed by atoms with Crippen molar-refractivity contribution in [3.63, 3.8) is 0 Å². The monoisotopic (exact) mass is 326 g/mol. The third kappa shape index (κ3) is 4.59. The molecule has 24 heavy (non-hydrogen) atoms. The summed E-state index contributed by atoms with van der Waals surface area (Å²) in [4.78, 5) is 12.5. The molecule has 0 saturated heterocycles. The Hall–Kier alpha value is -2.33. The van der Waals surface area contributed by atoms with Gasteiger partial charge in [0.1, 0.15) is 0 Å². The van der Waals surface area contributed by atoms with Crippen LogP contribution in [0.2, 0.25) is 0 Å². The van der Waals surface area contributed by atoms with Gasteiger partial charge in [0, 0.05) is 12.3 Å². The number of aliphatic hydroxyl groups excluding tert-OH is 1. The molecule has 128 valence electrons. The van der Waals surface area contributed by atoms with Crippen LogP contribution in [0.25, 0.3) is 0 Å². The van der Waals surface area contributed by atoms with E-state index >= 15 is 0 Å². The first kappa shape index (κ1) is 18.0. The van der Waals surface area contributed by atoms with E-state index in [4.69, 9.17) is 0 Å². The van der Waals surface area contributed by atoms with Crippen LogP contribution in [0.4, 0.5) is 10.5 Å². The van der Waals surface area contributed by atoms with E-state index < -0.39 is 0 Å². The Balaban J connectivity index is 2.14. The molecule has 2 amide bonds. The summed E-state index contributed by atoms with van der Waals surface area (Å²) in [6.45, 7) is 4.18. The van der Waals surface area contributed by atoms with Crippen LogP contribution in [-0.4, -0.2) is 17.7 Å². The van der Waals surface area contributed by atoms with Crippen molar-refractivity contribution in [2.24, 2.45) is 0 Å². The van der Waals surface area contributed by atoms with Crippen LogP contribution < -0.4 is 10.6 Å². The lowest BCUT2D eigenvalue weighted by Crippen LogP contribution is -2.33. The summed E-state index contributed by atoms with van der Waals surface area (Å²) >= 11 is 0. The van der Waals surface area contributed by atoms with Crippen LogP contribution in [0.15, 0.2) is 48.5 Å². The Morgan fingerprint density at radius 3 is 2.17 bits per heavy atom. The topological polar surface area (TPSA) is 61.4 Å². The standard InChI is InChI=1S/C20H26N2O2/c1-3-15-11-8-12-16(4-2)19(15)22-20(24)21-18(13-14-23)17-9-6-5-7-10-17/h5-12,18,23H,3-4,13-14H2,1-2H3,(H2,21,22,24)/t18-/m1/s1. The number of benzene rings is 2. The number of aliphatic hydroxyl groups is 1. The number of para-hydroxylation sites is 1.